The number of hydrogen-bond donors (Lipinski definition) is 0. The van der Waals surface area contributed by atoms with Crippen molar-refractivity contribution in [3.05, 3.63) is 409 Å². The summed E-state index contributed by atoms with van der Waals surface area (Å²) in [6.45, 7) is 9.07. The van der Waals surface area contributed by atoms with Crippen molar-refractivity contribution in [3.63, 3.8) is 0 Å². The van der Waals surface area contributed by atoms with E-state index in [1.807, 2.05) is 149 Å². The molecule has 2 aliphatic rings. The van der Waals surface area contributed by atoms with Crippen LogP contribution in [0.4, 0.5) is 94.6 Å². The van der Waals surface area contributed by atoms with Gasteiger partial charge in [0, 0.05) is 79.2 Å². The zero-order valence-electron chi connectivity index (χ0n) is 61.5. The molecule has 0 heterocycles. The Morgan fingerprint density at radius 3 is 0.848 bits per heavy atom. The standard InChI is InChI=1S/C51H34F4N2.C51H36F2N2/c1-51(2)47-19-11-18-43-45-30-49(57(36-14-7-4-8-15-36)39-26-33(54)23-34(55)27-39)42-17-10-9-16-40(42)44(45)29-46(50(43)47)41-21-20-37(28-48(41)51)56(35-12-5-3-6-13-35)38-24-31(52)22-32(53)25-38;1-51(2)47-19-11-18-43-45-32-49(55(36-14-7-4-8-15-36)38-26-22-34(53)23-27-38)42-17-10-9-16-40(42)44(45)31-46(50(43)47)41-29-28-39(30-48(41)51)54(35-12-5-3-6-13-35)37-24-20-33(52)21-25-37/h3-30H,1-2H3;3-32H,1-2H3. The van der Waals surface area contributed by atoms with Crippen LogP contribution in [0.25, 0.3) is 86.9 Å². The quantitative estimate of drug-likeness (QED) is 0.0893. The summed E-state index contributed by atoms with van der Waals surface area (Å²) in [6, 6.07) is 113. The minimum absolute atomic E-state index is 0.261. The van der Waals surface area contributed by atoms with Gasteiger partial charge in [-0.15, -0.1) is 0 Å². The van der Waals surface area contributed by atoms with Gasteiger partial charge in [0.25, 0.3) is 0 Å². The van der Waals surface area contributed by atoms with E-state index in [2.05, 4.69) is 189 Å². The Kier molecular flexibility index (Phi) is 16.7. The van der Waals surface area contributed by atoms with Crippen LogP contribution in [0, 0.1) is 34.9 Å². The highest BCUT2D eigenvalue weighted by Gasteiger charge is 2.38. The summed E-state index contributed by atoms with van der Waals surface area (Å²) in [5, 5.41) is 13.2. The molecular formula is C102H70F6N4. The van der Waals surface area contributed by atoms with Crippen molar-refractivity contribution >= 4 is 133 Å². The van der Waals surface area contributed by atoms with Crippen LogP contribution in [0.2, 0.25) is 0 Å². The van der Waals surface area contributed by atoms with Crippen LogP contribution in [0.3, 0.4) is 0 Å². The zero-order valence-corrected chi connectivity index (χ0v) is 61.5. The van der Waals surface area contributed by atoms with Gasteiger partial charge in [-0.05, 0) is 268 Å². The van der Waals surface area contributed by atoms with Crippen LogP contribution in [0.5, 0.6) is 0 Å². The average molecular weight is 1470 g/mol. The molecule has 20 rings (SSSR count). The van der Waals surface area contributed by atoms with Crippen LogP contribution in [0.1, 0.15) is 49.9 Å². The number of anilines is 12. The first kappa shape index (κ1) is 68.8. The highest BCUT2D eigenvalue weighted by atomic mass is 19.2. The van der Waals surface area contributed by atoms with Crippen LogP contribution >= 0.6 is 0 Å². The first-order chi connectivity index (χ1) is 54.5. The molecule has 0 N–H and O–H groups in total. The van der Waals surface area contributed by atoms with E-state index in [0.717, 1.165) is 134 Å². The Morgan fingerprint density at radius 1 is 0.179 bits per heavy atom. The van der Waals surface area contributed by atoms with E-state index in [1.54, 1.807) is 0 Å². The lowest BCUT2D eigenvalue weighted by Gasteiger charge is -2.37. The maximum absolute atomic E-state index is 14.9. The Labute approximate surface area is 644 Å². The average Bonchev–Trinajstić information content (AvgIpc) is 0.703. The second kappa shape index (κ2) is 27.2. The lowest BCUT2D eigenvalue weighted by Crippen LogP contribution is -2.24. The lowest BCUT2D eigenvalue weighted by atomic mass is 9.68. The zero-order chi connectivity index (χ0) is 76.3. The molecule has 0 amide bonds. The summed E-state index contributed by atoms with van der Waals surface area (Å²) in [5.74, 6) is -3.14. The number of rotatable bonds is 12. The van der Waals surface area contributed by atoms with Gasteiger partial charge in [0.2, 0.25) is 0 Å². The summed E-state index contributed by atoms with van der Waals surface area (Å²) in [6.07, 6.45) is 0. The van der Waals surface area contributed by atoms with Crippen LogP contribution in [0.15, 0.2) is 352 Å². The van der Waals surface area contributed by atoms with Gasteiger partial charge < -0.3 is 19.6 Å². The van der Waals surface area contributed by atoms with Gasteiger partial charge in [-0.25, -0.2) is 26.3 Å². The summed E-state index contributed by atoms with van der Waals surface area (Å²) in [7, 11) is 0. The second-order valence-electron chi connectivity index (χ2n) is 30.0. The third-order valence-electron chi connectivity index (χ3n) is 22.7. The van der Waals surface area contributed by atoms with Crippen LogP contribution < -0.4 is 19.6 Å². The molecule has 10 heteroatoms. The summed E-state index contributed by atoms with van der Waals surface area (Å²) < 4.78 is 87.6. The smallest absolute Gasteiger partial charge is 0.128 e. The number of benzene rings is 18. The molecule has 0 radical (unpaired) electrons. The topological polar surface area (TPSA) is 13.0 Å². The first-order valence-corrected chi connectivity index (χ1v) is 37.5. The molecule has 2 aliphatic carbocycles. The third kappa shape index (κ3) is 11.6. The van der Waals surface area contributed by atoms with Gasteiger partial charge in [-0.1, -0.05) is 198 Å². The minimum atomic E-state index is -0.656. The molecule has 18 aromatic rings. The van der Waals surface area contributed by atoms with Crippen molar-refractivity contribution in [3.8, 4) is 22.3 Å². The van der Waals surface area contributed by atoms with Crippen molar-refractivity contribution in [2.45, 2.75) is 38.5 Å². The monoisotopic (exact) mass is 1460 g/mol. The Bertz CT molecular complexity index is 6730. The molecule has 0 spiro atoms. The number of nitrogens with zero attached hydrogens (tertiary/aromatic N) is 4. The van der Waals surface area contributed by atoms with Crippen molar-refractivity contribution in [1.29, 1.82) is 0 Å². The van der Waals surface area contributed by atoms with Crippen molar-refractivity contribution in [2.75, 3.05) is 19.6 Å². The molecular weight excluding hydrogens is 1400 g/mol. The highest BCUT2D eigenvalue weighted by molar-refractivity contribution is 6.27. The van der Waals surface area contributed by atoms with Gasteiger partial charge in [0.15, 0.2) is 0 Å². The van der Waals surface area contributed by atoms with E-state index in [9.17, 15) is 26.3 Å². The van der Waals surface area contributed by atoms with Crippen LogP contribution in [-0.2, 0) is 10.8 Å². The predicted octanol–water partition coefficient (Wildman–Crippen LogP) is 29.6. The number of hydrogen-bond acceptors (Lipinski definition) is 4. The molecule has 0 atom stereocenters. The fraction of sp³-hybridized carbons (Fsp3) is 0.0588. The Morgan fingerprint density at radius 2 is 0.464 bits per heavy atom. The first-order valence-electron chi connectivity index (χ1n) is 37.5. The summed E-state index contributed by atoms with van der Waals surface area (Å²) >= 11 is 0. The Hall–Kier alpha value is -13.7. The fourth-order valence-electron chi connectivity index (χ4n) is 17.6. The molecule has 0 bridgehead atoms. The Balaban J connectivity index is 0.000000151. The number of halogens is 6. The third-order valence-corrected chi connectivity index (χ3v) is 22.7. The normalized spacial score (nSPS) is 12.9. The summed E-state index contributed by atoms with van der Waals surface area (Å²) in [5.41, 5.74) is 18.2. The van der Waals surface area contributed by atoms with E-state index in [-0.39, 0.29) is 17.0 Å². The van der Waals surface area contributed by atoms with E-state index in [1.165, 1.54) is 92.3 Å². The maximum Gasteiger partial charge on any atom is 0.128 e. The maximum atomic E-state index is 14.9. The van der Waals surface area contributed by atoms with Crippen molar-refractivity contribution < 1.29 is 26.3 Å². The van der Waals surface area contributed by atoms with Gasteiger partial charge >= 0.3 is 0 Å². The van der Waals surface area contributed by atoms with Gasteiger partial charge in [-0.2, -0.15) is 0 Å². The molecule has 0 aromatic heterocycles. The van der Waals surface area contributed by atoms with Crippen molar-refractivity contribution in [1.82, 2.24) is 0 Å². The molecule has 0 saturated heterocycles. The fourth-order valence-corrected chi connectivity index (χ4v) is 17.6. The second-order valence-corrected chi connectivity index (χ2v) is 30.0. The van der Waals surface area contributed by atoms with E-state index in [0.29, 0.717) is 11.4 Å². The molecule has 18 aromatic carbocycles. The van der Waals surface area contributed by atoms with E-state index < -0.39 is 28.7 Å². The highest BCUT2D eigenvalue weighted by Crippen LogP contribution is 2.57. The van der Waals surface area contributed by atoms with E-state index >= 15 is 0 Å². The SMILES string of the molecule is CC1(C)c2cc(N(c3ccccc3)c3cc(F)cc(F)c3)ccc2-c2cc3c4ccccc4c(N(c4ccccc4)c4cc(F)cc(F)c4)cc3c3cccc1c23.CC1(C)c2cc(N(c3ccccc3)c3ccc(F)cc3)ccc2-c2cc3c4ccccc4c(N(c4ccccc4)c4ccc(F)cc4)cc3c3cccc1c23. The largest absolute Gasteiger partial charge is 0.310 e. The molecule has 540 valence electrons. The minimum Gasteiger partial charge on any atom is -0.310 e. The lowest BCUT2D eigenvalue weighted by molar-refractivity contribution is 0.583. The molecule has 0 unspecified atom stereocenters. The van der Waals surface area contributed by atoms with Gasteiger partial charge in [0.05, 0.1) is 22.7 Å². The molecule has 0 aliphatic heterocycles. The summed E-state index contributed by atoms with van der Waals surface area (Å²) in [4.78, 5) is 8.24. The molecule has 4 nitrogen and oxygen atoms in total. The van der Waals surface area contributed by atoms with Gasteiger partial charge in [0.1, 0.15) is 34.9 Å². The van der Waals surface area contributed by atoms with Crippen LogP contribution in [-0.4, -0.2) is 0 Å². The molecule has 112 heavy (non-hydrogen) atoms. The number of para-hydroxylation sites is 4. The van der Waals surface area contributed by atoms with Crippen molar-refractivity contribution in [2.24, 2.45) is 0 Å². The van der Waals surface area contributed by atoms with Gasteiger partial charge in [-0.3, -0.25) is 0 Å². The molecule has 0 fully saturated rings. The van der Waals surface area contributed by atoms with E-state index in [4.69, 9.17) is 0 Å². The number of fused-ring (bicyclic) bond motifs is 12. The predicted molar refractivity (Wildman–Crippen MR) is 452 cm³/mol. The molecule has 0 saturated carbocycles.